The van der Waals surface area contributed by atoms with Crippen LogP contribution in [0.4, 0.5) is 9.18 Å². The van der Waals surface area contributed by atoms with E-state index in [-0.39, 0.29) is 23.8 Å². The summed E-state index contributed by atoms with van der Waals surface area (Å²) in [5.74, 6) is 0.456. The number of hydrogen-bond acceptors (Lipinski definition) is 2. The molecule has 0 saturated carbocycles. The number of allylic oxidation sites excluding steroid dienone is 2. The normalized spacial score (nSPS) is 20.0. The van der Waals surface area contributed by atoms with E-state index < -0.39 is 0 Å². The van der Waals surface area contributed by atoms with Gasteiger partial charge in [0, 0.05) is 32.0 Å². The number of fused-ring (bicyclic) bond motifs is 1. The van der Waals surface area contributed by atoms with E-state index in [1.54, 1.807) is 31.1 Å². The van der Waals surface area contributed by atoms with E-state index in [9.17, 15) is 9.18 Å². The number of amides is 2. The summed E-state index contributed by atoms with van der Waals surface area (Å²) in [5, 5.41) is 7.91. The van der Waals surface area contributed by atoms with Crippen LogP contribution in [0.3, 0.4) is 0 Å². The van der Waals surface area contributed by atoms with Crippen LogP contribution < -0.4 is 5.32 Å². The van der Waals surface area contributed by atoms with E-state index in [1.807, 2.05) is 29.1 Å². The minimum Gasteiger partial charge on any atom is -0.331 e. The molecule has 2 aromatic carbocycles. The van der Waals surface area contributed by atoms with Crippen molar-refractivity contribution in [1.29, 1.82) is 0 Å². The molecule has 176 valence electrons. The second-order valence-corrected chi connectivity index (χ2v) is 9.67. The van der Waals surface area contributed by atoms with Crippen LogP contribution in [0.25, 0.3) is 5.69 Å². The molecule has 0 aliphatic heterocycles. The molecule has 1 aromatic heterocycles. The van der Waals surface area contributed by atoms with Gasteiger partial charge >= 0.3 is 6.03 Å². The molecule has 5 nitrogen and oxygen atoms in total. The van der Waals surface area contributed by atoms with Gasteiger partial charge in [0.05, 0.1) is 23.6 Å². The number of hydrogen-bond donors (Lipinski definition) is 1. The summed E-state index contributed by atoms with van der Waals surface area (Å²) in [4.78, 5) is 14.1. The lowest BCUT2D eigenvalue weighted by Gasteiger charge is -2.30. The number of benzene rings is 2. The largest absolute Gasteiger partial charge is 0.331 e. The highest BCUT2D eigenvalue weighted by Gasteiger charge is 2.37. The van der Waals surface area contributed by atoms with E-state index in [2.05, 4.69) is 29.5 Å². The highest BCUT2D eigenvalue weighted by atomic mass is 19.1. The quantitative estimate of drug-likeness (QED) is 0.493. The highest BCUT2D eigenvalue weighted by Crippen LogP contribution is 2.49. The zero-order chi connectivity index (χ0) is 23.8. The predicted octanol–water partition coefficient (Wildman–Crippen LogP) is 5.78. The minimum atomic E-state index is -0.240. The van der Waals surface area contributed by atoms with E-state index in [0.29, 0.717) is 5.92 Å². The van der Waals surface area contributed by atoms with Crippen molar-refractivity contribution in [2.45, 2.75) is 44.6 Å². The molecule has 34 heavy (non-hydrogen) atoms. The molecule has 0 spiro atoms. The number of rotatable bonds is 5. The summed E-state index contributed by atoms with van der Waals surface area (Å²) in [6, 6.07) is 16.7. The van der Waals surface area contributed by atoms with E-state index in [1.165, 1.54) is 34.5 Å². The van der Waals surface area contributed by atoms with Crippen molar-refractivity contribution < 1.29 is 9.18 Å². The van der Waals surface area contributed by atoms with Crippen LogP contribution in [0, 0.1) is 11.7 Å². The van der Waals surface area contributed by atoms with E-state index >= 15 is 0 Å². The minimum absolute atomic E-state index is 0.0384. The summed E-state index contributed by atoms with van der Waals surface area (Å²) < 4.78 is 15.4. The highest BCUT2D eigenvalue weighted by molar-refractivity contribution is 5.74. The molecular weight excluding hydrogens is 427 g/mol. The maximum Gasteiger partial charge on any atom is 0.317 e. The van der Waals surface area contributed by atoms with Crippen molar-refractivity contribution in [3.8, 4) is 5.69 Å². The van der Waals surface area contributed by atoms with Crippen LogP contribution in [0.1, 0.15) is 55.0 Å². The number of nitrogens with one attached hydrogen (secondary N) is 1. The summed E-state index contributed by atoms with van der Waals surface area (Å²) in [6.07, 6.45) is 5.91. The number of urea groups is 1. The Labute approximate surface area is 200 Å². The lowest BCUT2D eigenvalue weighted by molar-refractivity contribution is 0.211. The van der Waals surface area contributed by atoms with Gasteiger partial charge in [-0.15, -0.1) is 0 Å². The van der Waals surface area contributed by atoms with Gasteiger partial charge in [-0.2, -0.15) is 5.10 Å². The Morgan fingerprint density at radius 1 is 1.18 bits per heavy atom. The van der Waals surface area contributed by atoms with Crippen LogP contribution in [0.5, 0.6) is 0 Å². The van der Waals surface area contributed by atoms with Crippen molar-refractivity contribution in [2.75, 3.05) is 14.1 Å². The lowest BCUT2D eigenvalue weighted by Crippen LogP contribution is -2.38. The van der Waals surface area contributed by atoms with Gasteiger partial charge in [0.25, 0.3) is 0 Å². The smallest absolute Gasteiger partial charge is 0.317 e. The fourth-order valence-corrected chi connectivity index (χ4v) is 5.66. The van der Waals surface area contributed by atoms with Crippen molar-refractivity contribution in [3.63, 3.8) is 0 Å². The summed E-state index contributed by atoms with van der Waals surface area (Å²) in [7, 11) is 3.55. The molecule has 1 N–H and O–H groups in total. The second kappa shape index (κ2) is 9.09. The van der Waals surface area contributed by atoms with Gasteiger partial charge in [0.1, 0.15) is 5.82 Å². The third-order valence-electron chi connectivity index (χ3n) is 7.35. The van der Waals surface area contributed by atoms with Gasteiger partial charge in [0.2, 0.25) is 0 Å². The Bertz CT molecular complexity index is 1210. The summed E-state index contributed by atoms with van der Waals surface area (Å²) in [5.41, 5.74) is 7.51. The first-order chi connectivity index (χ1) is 16.4. The third-order valence-corrected chi connectivity index (χ3v) is 7.35. The average Bonchev–Trinajstić information content (AvgIpc) is 3.44. The van der Waals surface area contributed by atoms with Crippen molar-refractivity contribution >= 4 is 6.03 Å². The Balaban J connectivity index is 1.41. The Hall–Kier alpha value is -3.41. The molecule has 0 fully saturated rings. The van der Waals surface area contributed by atoms with Crippen LogP contribution >= 0.6 is 0 Å². The molecule has 6 heteroatoms. The standard InChI is InChI=1S/C28H31FN4O/c1-18-24-17-30-33(23-13-11-22(29)12-14-23)26(24)16-21-10-9-20(27(18)21)15-25(31-28(34)32(2)3)19-7-5-4-6-8-19/h4-8,11-14,17-18,20,25H,9-10,15-16H2,1-3H3,(H,31,34)/t18-,20+,25?/m0/s1. The van der Waals surface area contributed by atoms with Gasteiger partial charge < -0.3 is 10.2 Å². The van der Waals surface area contributed by atoms with Crippen molar-refractivity contribution in [2.24, 2.45) is 5.92 Å². The van der Waals surface area contributed by atoms with E-state index in [4.69, 9.17) is 0 Å². The topological polar surface area (TPSA) is 50.2 Å². The zero-order valence-corrected chi connectivity index (χ0v) is 20.0. The molecule has 2 amide bonds. The first-order valence-corrected chi connectivity index (χ1v) is 12.0. The third kappa shape index (κ3) is 4.13. The molecule has 0 bridgehead atoms. The number of nitrogens with zero attached hydrogens (tertiary/aromatic N) is 3. The molecule has 5 rings (SSSR count). The summed E-state index contributed by atoms with van der Waals surface area (Å²) >= 11 is 0. The number of halogens is 1. The maximum absolute atomic E-state index is 13.4. The number of carbonyl (C=O) groups is 1. The monoisotopic (exact) mass is 458 g/mol. The van der Waals surface area contributed by atoms with Crippen LogP contribution in [0.15, 0.2) is 71.9 Å². The molecule has 1 heterocycles. The molecule has 0 saturated heterocycles. The second-order valence-electron chi connectivity index (χ2n) is 9.67. The van der Waals surface area contributed by atoms with Gasteiger partial charge in [-0.3, -0.25) is 0 Å². The fraction of sp³-hybridized carbons (Fsp3) is 0.357. The van der Waals surface area contributed by atoms with Gasteiger partial charge in [-0.25, -0.2) is 13.9 Å². The predicted molar refractivity (Wildman–Crippen MR) is 131 cm³/mol. The van der Waals surface area contributed by atoms with Crippen LogP contribution in [0.2, 0.25) is 0 Å². The number of carbonyl (C=O) groups excluding carboxylic acids is 1. The molecule has 3 atom stereocenters. The Morgan fingerprint density at radius 2 is 1.91 bits per heavy atom. The van der Waals surface area contributed by atoms with Crippen LogP contribution in [-0.4, -0.2) is 34.8 Å². The maximum atomic E-state index is 13.4. The molecule has 1 unspecified atom stereocenters. The van der Waals surface area contributed by atoms with E-state index in [0.717, 1.165) is 36.9 Å². The first-order valence-electron chi connectivity index (χ1n) is 12.0. The van der Waals surface area contributed by atoms with Crippen molar-refractivity contribution in [1.82, 2.24) is 20.0 Å². The SMILES string of the molecule is C[C@@H]1C2=C(CC[C@@H]2CC(NC(=O)N(C)C)c2ccccc2)Cc2c1cnn2-c1ccc(F)cc1. The molecule has 2 aliphatic rings. The zero-order valence-electron chi connectivity index (χ0n) is 20.0. The number of aromatic nitrogens is 2. The van der Waals surface area contributed by atoms with Gasteiger partial charge in [-0.1, -0.05) is 48.4 Å². The fourth-order valence-electron chi connectivity index (χ4n) is 5.66. The Morgan fingerprint density at radius 3 is 2.62 bits per heavy atom. The van der Waals surface area contributed by atoms with Gasteiger partial charge in [-0.05, 0) is 55.0 Å². The lowest BCUT2D eigenvalue weighted by atomic mass is 9.78. The van der Waals surface area contributed by atoms with Crippen LogP contribution in [-0.2, 0) is 6.42 Å². The molecule has 2 aliphatic carbocycles. The first kappa shape index (κ1) is 22.4. The average molecular weight is 459 g/mol. The Kier molecular flexibility index (Phi) is 5.98. The van der Waals surface area contributed by atoms with Crippen molar-refractivity contribution in [3.05, 3.63) is 94.6 Å². The molecule has 0 radical (unpaired) electrons. The van der Waals surface area contributed by atoms with Gasteiger partial charge in [0.15, 0.2) is 0 Å². The molecule has 3 aromatic rings. The molecular formula is C28H31FN4O. The summed E-state index contributed by atoms with van der Waals surface area (Å²) in [6.45, 7) is 2.28.